The van der Waals surface area contributed by atoms with E-state index in [4.69, 9.17) is 4.74 Å². The molecule has 0 bridgehead atoms. The average molecular weight is 286 g/mol. The van der Waals surface area contributed by atoms with Gasteiger partial charge in [0.1, 0.15) is 0 Å². The fourth-order valence-electron chi connectivity index (χ4n) is 2.42. The Balaban J connectivity index is 2.15. The van der Waals surface area contributed by atoms with Gasteiger partial charge in [-0.3, -0.25) is 4.79 Å². The van der Waals surface area contributed by atoms with Gasteiger partial charge in [-0.2, -0.15) is 0 Å². The number of likely N-dealkylation sites (N-methyl/N-ethyl adjacent to an activating group) is 1. The van der Waals surface area contributed by atoms with Crippen LogP contribution in [0.5, 0.6) is 0 Å². The molecule has 0 aliphatic heterocycles. The van der Waals surface area contributed by atoms with Crippen molar-refractivity contribution >= 4 is 5.91 Å². The van der Waals surface area contributed by atoms with Gasteiger partial charge in [0.2, 0.25) is 5.91 Å². The summed E-state index contributed by atoms with van der Waals surface area (Å²) in [6.07, 6.45) is 5.73. The maximum Gasteiger partial charge on any atom is 0.239 e. The highest BCUT2D eigenvalue weighted by Gasteiger charge is 2.18. The van der Waals surface area contributed by atoms with Crippen molar-refractivity contribution in [3.05, 3.63) is 0 Å². The molecule has 5 heteroatoms. The minimum Gasteiger partial charge on any atom is -0.389 e. The van der Waals surface area contributed by atoms with Gasteiger partial charge in [0.25, 0.3) is 0 Å². The SMILES string of the molecule is CCN(C)C(=O)C(C)NCC(O)COC1CCCCC1. The van der Waals surface area contributed by atoms with Crippen LogP contribution in [0.3, 0.4) is 0 Å². The van der Waals surface area contributed by atoms with Crippen LogP contribution in [0.2, 0.25) is 0 Å². The van der Waals surface area contributed by atoms with Gasteiger partial charge >= 0.3 is 0 Å². The highest BCUT2D eigenvalue weighted by atomic mass is 16.5. The first kappa shape index (κ1) is 17.4. The molecule has 2 atom stereocenters. The van der Waals surface area contributed by atoms with E-state index in [0.717, 1.165) is 12.8 Å². The molecular formula is C15H30N2O3. The number of nitrogens with one attached hydrogen (secondary N) is 1. The number of rotatable bonds is 8. The number of nitrogens with zero attached hydrogens (tertiary/aromatic N) is 1. The standard InChI is InChI=1S/C15H30N2O3/c1-4-17(3)15(19)12(2)16-10-13(18)11-20-14-8-6-5-7-9-14/h12-14,16,18H,4-11H2,1-3H3. The average Bonchev–Trinajstić information content (AvgIpc) is 2.49. The Morgan fingerprint density at radius 3 is 2.65 bits per heavy atom. The number of carbonyl (C=O) groups excluding carboxylic acids is 1. The second-order valence-corrected chi connectivity index (χ2v) is 5.73. The summed E-state index contributed by atoms with van der Waals surface area (Å²) in [7, 11) is 1.78. The number of carbonyl (C=O) groups is 1. The van der Waals surface area contributed by atoms with E-state index in [1.54, 1.807) is 11.9 Å². The van der Waals surface area contributed by atoms with Crippen molar-refractivity contribution in [3.63, 3.8) is 0 Å². The Morgan fingerprint density at radius 1 is 1.40 bits per heavy atom. The maximum atomic E-state index is 11.8. The quantitative estimate of drug-likeness (QED) is 0.703. The van der Waals surface area contributed by atoms with Gasteiger partial charge in [0.05, 0.1) is 24.9 Å². The van der Waals surface area contributed by atoms with Crippen molar-refractivity contribution in [3.8, 4) is 0 Å². The van der Waals surface area contributed by atoms with E-state index in [9.17, 15) is 9.90 Å². The molecule has 0 saturated heterocycles. The third kappa shape index (κ3) is 6.20. The van der Waals surface area contributed by atoms with Crippen LogP contribution in [0.4, 0.5) is 0 Å². The van der Waals surface area contributed by atoms with E-state index in [0.29, 0.717) is 25.8 Å². The summed E-state index contributed by atoms with van der Waals surface area (Å²) in [5.74, 6) is 0.0490. The smallest absolute Gasteiger partial charge is 0.239 e. The first-order valence-corrected chi connectivity index (χ1v) is 7.82. The summed E-state index contributed by atoms with van der Waals surface area (Å²) in [6.45, 7) is 5.19. The van der Waals surface area contributed by atoms with E-state index >= 15 is 0 Å². The summed E-state index contributed by atoms with van der Waals surface area (Å²) in [5, 5.41) is 13.0. The number of amides is 1. The Bertz CT molecular complexity index is 280. The van der Waals surface area contributed by atoms with Gasteiger partial charge in [-0.25, -0.2) is 0 Å². The van der Waals surface area contributed by atoms with Crippen molar-refractivity contribution in [1.29, 1.82) is 0 Å². The number of hydrogen-bond donors (Lipinski definition) is 2. The Labute approximate surface area is 122 Å². The fraction of sp³-hybridized carbons (Fsp3) is 0.933. The maximum absolute atomic E-state index is 11.8. The zero-order chi connectivity index (χ0) is 15.0. The lowest BCUT2D eigenvalue weighted by Gasteiger charge is -2.25. The number of ether oxygens (including phenoxy) is 1. The highest BCUT2D eigenvalue weighted by molar-refractivity contribution is 5.81. The van der Waals surface area contributed by atoms with E-state index in [1.807, 2.05) is 13.8 Å². The van der Waals surface area contributed by atoms with E-state index in [2.05, 4.69) is 5.32 Å². The van der Waals surface area contributed by atoms with Crippen molar-refractivity contribution < 1.29 is 14.6 Å². The minimum atomic E-state index is -0.556. The molecule has 0 spiro atoms. The molecule has 1 aliphatic rings. The monoisotopic (exact) mass is 286 g/mol. The third-order valence-electron chi connectivity index (χ3n) is 3.96. The van der Waals surface area contributed by atoms with Gasteiger partial charge < -0.3 is 20.1 Å². The molecule has 1 saturated carbocycles. The molecule has 0 aromatic heterocycles. The molecule has 2 unspecified atom stereocenters. The summed E-state index contributed by atoms with van der Waals surface area (Å²) in [5.41, 5.74) is 0. The third-order valence-corrected chi connectivity index (χ3v) is 3.96. The van der Waals surface area contributed by atoms with Gasteiger partial charge in [-0.05, 0) is 26.7 Å². The molecule has 0 heterocycles. The van der Waals surface area contributed by atoms with Crippen molar-refractivity contribution in [1.82, 2.24) is 10.2 Å². The van der Waals surface area contributed by atoms with Gasteiger partial charge in [0.15, 0.2) is 0 Å². The zero-order valence-electron chi connectivity index (χ0n) is 13.1. The van der Waals surface area contributed by atoms with Crippen LogP contribution in [-0.2, 0) is 9.53 Å². The first-order chi connectivity index (χ1) is 9.54. The molecular weight excluding hydrogens is 256 g/mol. The molecule has 2 N–H and O–H groups in total. The lowest BCUT2D eigenvalue weighted by atomic mass is 9.98. The van der Waals surface area contributed by atoms with Crippen LogP contribution in [-0.4, -0.2) is 60.9 Å². The van der Waals surface area contributed by atoms with E-state index < -0.39 is 6.10 Å². The fourth-order valence-corrected chi connectivity index (χ4v) is 2.42. The second kappa shape index (κ2) is 9.32. The van der Waals surface area contributed by atoms with Crippen molar-refractivity contribution in [2.24, 2.45) is 0 Å². The van der Waals surface area contributed by atoms with E-state index in [-0.39, 0.29) is 11.9 Å². The van der Waals surface area contributed by atoms with Crippen LogP contribution in [0.25, 0.3) is 0 Å². The number of aliphatic hydroxyl groups is 1. The molecule has 1 amide bonds. The minimum absolute atomic E-state index is 0.0490. The number of hydrogen-bond acceptors (Lipinski definition) is 4. The molecule has 0 aromatic rings. The molecule has 118 valence electrons. The number of aliphatic hydroxyl groups excluding tert-OH is 1. The van der Waals surface area contributed by atoms with Crippen LogP contribution >= 0.6 is 0 Å². The molecule has 1 fully saturated rings. The normalized spacial score (nSPS) is 19.6. The van der Waals surface area contributed by atoms with Crippen LogP contribution in [0.15, 0.2) is 0 Å². The predicted molar refractivity (Wildman–Crippen MR) is 79.6 cm³/mol. The molecule has 1 rings (SSSR count). The van der Waals surface area contributed by atoms with Crippen molar-refractivity contribution in [2.75, 3.05) is 26.7 Å². The zero-order valence-corrected chi connectivity index (χ0v) is 13.1. The van der Waals surface area contributed by atoms with Crippen LogP contribution in [0, 0.1) is 0 Å². The summed E-state index contributed by atoms with van der Waals surface area (Å²) < 4.78 is 5.72. The van der Waals surface area contributed by atoms with Crippen molar-refractivity contribution in [2.45, 2.75) is 64.2 Å². The second-order valence-electron chi connectivity index (χ2n) is 5.73. The van der Waals surface area contributed by atoms with Gasteiger partial charge in [-0.15, -0.1) is 0 Å². The van der Waals surface area contributed by atoms with Gasteiger partial charge in [0, 0.05) is 20.1 Å². The summed E-state index contributed by atoms with van der Waals surface area (Å²) in [4.78, 5) is 13.5. The topological polar surface area (TPSA) is 61.8 Å². The van der Waals surface area contributed by atoms with Crippen LogP contribution in [0.1, 0.15) is 46.0 Å². The predicted octanol–water partition coefficient (Wildman–Crippen LogP) is 1.15. The van der Waals surface area contributed by atoms with Crippen LogP contribution < -0.4 is 5.32 Å². The molecule has 0 aromatic carbocycles. The Kier molecular flexibility index (Phi) is 8.11. The molecule has 20 heavy (non-hydrogen) atoms. The Hall–Kier alpha value is -0.650. The summed E-state index contributed by atoms with van der Waals surface area (Å²) in [6, 6.07) is -0.274. The summed E-state index contributed by atoms with van der Waals surface area (Å²) >= 11 is 0. The largest absolute Gasteiger partial charge is 0.389 e. The molecule has 5 nitrogen and oxygen atoms in total. The first-order valence-electron chi connectivity index (χ1n) is 7.82. The highest BCUT2D eigenvalue weighted by Crippen LogP contribution is 2.20. The lowest BCUT2D eigenvalue weighted by molar-refractivity contribution is -0.131. The lowest BCUT2D eigenvalue weighted by Crippen LogP contribution is -2.46. The molecule has 1 aliphatic carbocycles. The van der Waals surface area contributed by atoms with Gasteiger partial charge in [-0.1, -0.05) is 19.3 Å². The van der Waals surface area contributed by atoms with E-state index in [1.165, 1.54) is 19.3 Å². The molecule has 0 radical (unpaired) electrons. The Morgan fingerprint density at radius 2 is 2.05 bits per heavy atom.